The fourth-order valence-corrected chi connectivity index (χ4v) is 3.25. The molecule has 0 aliphatic rings. The van der Waals surface area contributed by atoms with Crippen LogP contribution in [0.1, 0.15) is 37.9 Å². The zero-order valence-corrected chi connectivity index (χ0v) is 13.3. The van der Waals surface area contributed by atoms with Crippen molar-refractivity contribution in [2.75, 3.05) is 0 Å². The first kappa shape index (κ1) is 15.4. The van der Waals surface area contributed by atoms with E-state index >= 15 is 0 Å². The van der Waals surface area contributed by atoms with Crippen molar-refractivity contribution < 1.29 is 9.59 Å². The van der Waals surface area contributed by atoms with Crippen LogP contribution in [-0.4, -0.2) is 11.6 Å². The van der Waals surface area contributed by atoms with Crippen LogP contribution in [0.25, 0.3) is 0 Å². The van der Waals surface area contributed by atoms with Crippen molar-refractivity contribution in [3.8, 4) is 0 Å². The third-order valence-corrected chi connectivity index (χ3v) is 4.67. The van der Waals surface area contributed by atoms with Gasteiger partial charge in [0.2, 0.25) is 0 Å². The Morgan fingerprint density at radius 2 is 1.48 bits per heavy atom. The van der Waals surface area contributed by atoms with E-state index in [1.807, 2.05) is 66.0 Å². The zero-order valence-electron chi connectivity index (χ0n) is 12.5. The molecule has 2 nitrogen and oxygen atoms in total. The van der Waals surface area contributed by atoms with Gasteiger partial charge in [-0.2, -0.15) is 0 Å². The molecule has 1 heterocycles. The number of rotatable bonds is 6. The molecule has 0 radical (unpaired) electrons. The Labute approximate surface area is 139 Å². The molecule has 0 N–H and O–H groups in total. The third-order valence-electron chi connectivity index (χ3n) is 3.76. The summed E-state index contributed by atoms with van der Waals surface area (Å²) >= 11 is 1.41. The number of carbonyl (C=O) groups excluding carboxylic acids is 2. The van der Waals surface area contributed by atoms with Crippen molar-refractivity contribution in [1.82, 2.24) is 0 Å². The van der Waals surface area contributed by atoms with Gasteiger partial charge in [-0.15, -0.1) is 11.3 Å². The SMILES string of the molecule is O=C(CC(C(=O)c1ccccc1)c1ccccc1)c1cccs1. The Morgan fingerprint density at radius 3 is 2.09 bits per heavy atom. The summed E-state index contributed by atoms with van der Waals surface area (Å²) in [6.07, 6.45) is 0.193. The van der Waals surface area contributed by atoms with Crippen molar-refractivity contribution in [2.24, 2.45) is 0 Å². The van der Waals surface area contributed by atoms with Gasteiger partial charge in [0, 0.05) is 12.0 Å². The molecular formula is C20H16O2S. The lowest BCUT2D eigenvalue weighted by Crippen LogP contribution is -2.17. The lowest BCUT2D eigenvalue weighted by atomic mass is 9.86. The predicted molar refractivity (Wildman–Crippen MR) is 93.2 cm³/mol. The van der Waals surface area contributed by atoms with Crippen LogP contribution in [0.2, 0.25) is 0 Å². The largest absolute Gasteiger partial charge is 0.293 e. The van der Waals surface area contributed by atoms with Gasteiger partial charge in [-0.3, -0.25) is 9.59 Å². The standard InChI is InChI=1S/C20H16O2S/c21-18(19-12-7-13-23-19)14-17(15-8-3-1-4-9-15)20(22)16-10-5-2-6-11-16/h1-13,17H,14H2. The maximum atomic E-state index is 12.9. The summed E-state index contributed by atoms with van der Waals surface area (Å²) in [4.78, 5) is 26.1. The molecule has 0 saturated carbocycles. The van der Waals surface area contributed by atoms with E-state index in [0.29, 0.717) is 10.4 Å². The molecule has 0 saturated heterocycles. The summed E-state index contributed by atoms with van der Waals surface area (Å²) in [5, 5.41) is 1.88. The Kier molecular flexibility index (Phi) is 4.79. The molecule has 1 aromatic heterocycles. The normalized spacial score (nSPS) is 11.8. The Bertz CT molecular complexity index is 777. The van der Waals surface area contributed by atoms with Crippen LogP contribution >= 0.6 is 11.3 Å². The number of carbonyl (C=O) groups is 2. The Hall–Kier alpha value is -2.52. The van der Waals surface area contributed by atoms with E-state index in [9.17, 15) is 9.59 Å². The predicted octanol–water partition coefficient (Wildman–Crippen LogP) is 4.99. The summed E-state index contributed by atoms with van der Waals surface area (Å²) in [7, 11) is 0. The van der Waals surface area contributed by atoms with Crippen molar-refractivity contribution in [2.45, 2.75) is 12.3 Å². The third kappa shape index (κ3) is 3.63. The minimum atomic E-state index is -0.451. The first-order chi connectivity index (χ1) is 11.3. The van der Waals surface area contributed by atoms with Crippen LogP contribution in [0.15, 0.2) is 78.2 Å². The van der Waals surface area contributed by atoms with Crippen molar-refractivity contribution in [3.05, 3.63) is 94.2 Å². The summed E-state index contributed by atoms with van der Waals surface area (Å²) in [6, 6.07) is 22.4. The molecule has 2 aromatic carbocycles. The Balaban J connectivity index is 1.91. The molecule has 114 valence electrons. The minimum Gasteiger partial charge on any atom is -0.293 e. The maximum Gasteiger partial charge on any atom is 0.173 e. The average molecular weight is 320 g/mol. The van der Waals surface area contributed by atoms with Gasteiger partial charge in [0.05, 0.1) is 10.8 Å². The molecule has 0 fully saturated rings. The Morgan fingerprint density at radius 1 is 0.826 bits per heavy atom. The van der Waals surface area contributed by atoms with Crippen LogP contribution < -0.4 is 0 Å². The number of hydrogen-bond donors (Lipinski definition) is 0. The van der Waals surface area contributed by atoms with Gasteiger partial charge in [0.15, 0.2) is 11.6 Å². The summed E-state index contributed by atoms with van der Waals surface area (Å²) < 4.78 is 0. The molecule has 3 heteroatoms. The quantitative estimate of drug-likeness (QED) is 0.600. The molecule has 3 aromatic rings. The summed E-state index contributed by atoms with van der Waals surface area (Å²) in [5.74, 6) is -0.451. The molecule has 23 heavy (non-hydrogen) atoms. The summed E-state index contributed by atoms with van der Waals surface area (Å²) in [6.45, 7) is 0. The lowest BCUT2D eigenvalue weighted by molar-refractivity contribution is 0.0895. The highest BCUT2D eigenvalue weighted by Crippen LogP contribution is 2.27. The van der Waals surface area contributed by atoms with E-state index in [0.717, 1.165) is 5.56 Å². The fourth-order valence-electron chi connectivity index (χ4n) is 2.57. The van der Waals surface area contributed by atoms with Gasteiger partial charge < -0.3 is 0 Å². The van der Waals surface area contributed by atoms with Gasteiger partial charge in [-0.05, 0) is 17.0 Å². The highest BCUT2D eigenvalue weighted by atomic mass is 32.1. The first-order valence-corrected chi connectivity index (χ1v) is 8.34. The van der Waals surface area contributed by atoms with Crippen LogP contribution in [-0.2, 0) is 0 Å². The van der Waals surface area contributed by atoms with E-state index in [1.165, 1.54) is 11.3 Å². The summed E-state index contributed by atoms with van der Waals surface area (Å²) in [5.41, 5.74) is 1.52. The van der Waals surface area contributed by atoms with Crippen LogP contribution in [0.5, 0.6) is 0 Å². The minimum absolute atomic E-state index is 0.0122. The van der Waals surface area contributed by atoms with E-state index in [2.05, 4.69) is 0 Å². The van der Waals surface area contributed by atoms with Crippen LogP contribution in [0.3, 0.4) is 0 Å². The first-order valence-electron chi connectivity index (χ1n) is 7.46. The van der Waals surface area contributed by atoms with E-state index in [4.69, 9.17) is 0 Å². The molecule has 0 aliphatic heterocycles. The van der Waals surface area contributed by atoms with Crippen molar-refractivity contribution in [3.63, 3.8) is 0 Å². The van der Waals surface area contributed by atoms with Crippen LogP contribution in [0.4, 0.5) is 0 Å². The lowest BCUT2D eigenvalue weighted by Gasteiger charge is -2.15. The number of ketones is 2. The van der Waals surface area contributed by atoms with Gasteiger partial charge in [0.25, 0.3) is 0 Å². The number of hydrogen-bond acceptors (Lipinski definition) is 3. The smallest absolute Gasteiger partial charge is 0.173 e. The van der Waals surface area contributed by atoms with Gasteiger partial charge >= 0.3 is 0 Å². The molecule has 1 unspecified atom stereocenters. The maximum absolute atomic E-state index is 12.9. The molecule has 0 bridgehead atoms. The zero-order chi connectivity index (χ0) is 16.1. The van der Waals surface area contributed by atoms with Crippen molar-refractivity contribution >= 4 is 22.9 Å². The fraction of sp³-hybridized carbons (Fsp3) is 0.100. The molecule has 0 amide bonds. The van der Waals surface area contributed by atoms with E-state index < -0.39 is 5.92 Å². The molecule has 1 atom stereocenters. The second-order valence-electron chi connectivity index (χ2n) is 5.30. The van der Waals surface area contributed by atoms with Gasteiger partial charge in [0.1, 0.15) is 0 Å². The molecule has 3 rings (SSSR count). The van der Waals surface area contributed by atoms with E-state index in [-0.39, 0.29) is 18.0 Å². The topological polar surface area (TPSA) is 34.1 Å². The molecule has 0 spiro atoms. The molecule has 0 aliphatic carbocycles. The van der Waals surface area contributed by atoms with Crippen molar-refractivity contribution in [1.29, 1.82) is 0 Å². The van der Waals surface area contributed by atoms with E-state index in [1.54, 1.807) is 12.1 Å². The second kappa shape index (κ2) is 7.16. The molecular weight excluding hydrogens is 304 g/mol. The average Bonchev–Trinajstić information content (AvgIpc) is 3.15. The van der Waals surface area contributed by atoms with Crippen LogP contribution in [0, 0.1) is 0 Å². The second-order valence-corrected chi connectivity index (χ2v) is 6.25. The van der Waals surface area contributed by atoms with Gasteiger partial charge in [-0.25, -0.2) is 0 Å². The highest BCUT2D eigenvalue weighted by Gasteiger charge is 2.25. The number of Topliss-reactive ketones (excluding diaryl/α,β-unsaturated/α-hetero) is 2. The monoisotopic (exact) mass is 320 g/mol. The highest BCUT2D eigenvalue weighted by molar-refractivity contribution is 7.12. The van der Waals surface area contributed by atoms with Gasteiger partial charge in [-0.1, -0.05) is 66.7 Å². The number of thiophene rings is 1. The number of benzene rings is 2.